The highest BCUT2D eigenvalue weighted by atomic mass is 16.5. The van der Waals surface area contributed by atoms with Crippen molar-refractivity contribution < 1.29 is 14.3 Å². The first-order chi connectivity index (χ1) is 7.57. The highest BCUT2D eigenvalue weighted by molar-refractivity contribution is 6.05. The van der Waals surface area contributed by atoms with Crippen LogP contribution in [0, 0.1) is 5.92 Å². The minimum absolute atomic E-state index is 0.149. The average Bonchev–Trinajstić information content (AvgIpc) is 2.28. The van der Waals surface area contributed by atoms with E-state index >= 15 is 0 Å². The van der Waals surface area contributed by atoms with Crippen molar-refractivity contribution in [3.8, 4) is 0 Å². The van der Waals surface area contributed by atoms with E-state index in [1.54, 1.807) is 32.9 Å². The summed E-state index contributed by atoms with van der Waals surface area (Å²) in [5.74, 6) is -0.841. The fourth-order valence-electron chi connectivity index (χ4n) is 1.25. The summed E-state index contributed by atoms with van der Waals surface area (Å²) >= 11 is 0. The molecule has 0 aromatic carbocycles. The van der Waals surface area contributed by atoms with E-state index in [-0.39, 0.29) is 29.6 Å². The highest BCUT2D eigenvalue weighted by Gasteiger charge is 2.20. The lowest BCUT2D eigenvalue weighted by Crippen LogP contribution is -2.17. The van der Waals surface area contributed by atoms with Crippen molar-refractivity contribution in [2.24, 2.45) is 5.92 Å². The standard InChI is InChI=1S/C12H15NO3/c1-4-16-12(15)9-6-5-7-13-10(9)11(14)8(2)3/h5-8H,4H2,1-3H3. The molecule has 0 atom stereocenters. The van der Waals surface area contributed by atoms with Crippen LogP contribution in [0.2, 0.25) is 0 Å². The van der Waals surface area contributed by atoms with Crippen molar-refractivity contribution in [2.45, 2.75) is 20.8 Å². The van der Waals surface area contributed by atoms with Gasteiger partial charge in [0.25, 0.3) is 0 Å². The van der Waals surface area contributed by atoms with Gasteiger partial charge in [-0.15, -0.1) is 0 Å². The quantitative estimate of drug-likeness (QED) is 0.577. The van der Waals surface area contributed by atoms with E-state index in [1.165, 1.54) is 6.20 Å². The van der Waals surface area contributed by atoms with E-state index < -0.39 is 5.97 Å². The number of aromatic nitrogens is 1. The minimum Gasteiger partial charge on any atom is -0.462 e. The van der Waals surface area contributed by atoms with Gasteiger partial charge in [0.15, 0.2) is 5.78 Å². The number of carbonyl (C=O) groups excluding carboxylic acids is 2. The van der Waals surface area contributed by atoms with Crippen molar-refractivity contribution in [3.63, 3.8) is 0 Å². The molecule has 0 radical (unpaired) electrons. The van der Waals surface area contributed by atoms with Crippen LogP contribution in [0.3, 0.4) is 0 Å². The van der Waals surface area contributed by atoms with Crippen molar-refractivity contribution in [2.75, 3.05) is 6.61 Å². The Labute approximate surface area is 94.6 Å². The van der Waals surface area contributed by atoms with Gasteiger partial charge < -0.3 is 4.74 Å². The Morgan fingerprint density at radius 1 is 1.44 bits per heavy atom. The van der Waals surface area contributed by atoms with Gasteiger partial charge in [0.1, 0.15) is 5.69 Å². The van der Waals surface area contributed by atoms with Gasteiger partial charge in [-0.1, -0.05) is 13.8 Å². The molecule has 0 unspecified atom stereocenters. The number of ketones is 1. The number of pyridine rings is 1. The van der Waals surface area contributed by atoms with Crippen molar-refractivity contribution in [1.82, 2.24) is 4.98 Å². The van der Waals surface area contributed by atoms with Gasteiger partial charge in [-0.05, 0) is 19.1 Å². The summed E-state index contributed by atoms with van der Waals surface area (Å²) in [6.07, 6.45) is 1.50. The van der Waals surface area contributed by atoms with Crippen LogP contribution in [0.4, 0.5) is 0 Å². The zero-order valence-corrected chi connectivity index (χ0v) is 9.69. The Kier molecular flexibility index (Phi) is 4.17. The van der Waals surface area contributed by atoms with Crippen LogP contribution in [0.1, 0.15) is 41.6 Å². The van der Waals surface area contributed by atoms with Crippen LogP contribution >= 0.6 is 0 Å². The van der Waals surface area contributed by atoms with Crippen molar-refractivity contribution in [3.05, 3.63) is 29.6 Å². The zero-order chi connectivity index (χ0) is 12.1. The Balaban J connectivity index is 3.10. The number of Topliss-reactive ketones (excluding diaryl/α,β-unsaturated/α-hetero) is 1. The fraction of sp³-hybridized carbons (Fsp3) is 0.417. The lowest BCUT2D eigenvalue weighted by molar-refractivity contribution is 0.0521. The van der Waals surface area contributed by atoms with E-state index in [1.807, 2.05) is 0 Å². The summed E-state index contributed by atoms with van der Waals surface area (Å²) < 4.78 is 4.87. The van der Waals surface area contributed by atoms with E-state index in [2.05, 4.69) is 4.98 Å². The maximum atomic E-state index is 11.8. The molecule has 4 nitrogen and oxygen atoms in total. The third kappa shape index (κ3) is 2.66. The van der Waals surface area contributed by atoms with Gasteiger partial charge in [0.05, 0.1) is 12.2 Å². The molecule has 16 heavy (non-hydrogen) atoms. The number of ether oxygens (including phenoxy) is 1. The Morgan fingerprint density at radius 3 is 2.69 bits per heavy atom. The molecule has 0 aliphatic heterocycles. The lowest BCUT2D eigenvalue weighted by Gasteiger charge is -2.08. The van der Waals surface area contributed by atoms with Gasteiger partial charge >= 0.3 is 5.97 Å². The Morgan fingerprint density at radius 2 is 2.12 bits per heavy atom. The van der Waals surface area contributed by atoms with Crippen LogP contribution in [-0.4, -0.2) is 23.3 Å². The number of hydrogen-bond donors (Lipinski definition) is 0. The molecule has 0 saturated heterocycles. The molecule has 0 aliphatic rings. The summed E-state index contributed by atoms with van der Waals surface area (Å²) in [6.45, 7) is 5.54. The Hall–Kier alpha value is -1.71. The number of hydrogen-bond acceptors (Lipinski definition) is 4. The molecule has 0 fully saturated rings. The number of rotatable bonds is 4. The number of nitrogens with zero attached hydrogens (tertiary/aromatic N) is 1. The highest BCUT2D eigenvalue weighted by Crippen LogP contribution is 2.12. The van der Waals surface area contributed by atoms with Crippen LogP contribution in [0.5, 0.6) is 0 Å². The summed E-state index contributed by atoms with van der Waals surface area (Å²) in [5.41, 5.74) is 0.430. The molecule has 4 heteroatoms. The molecular formula is C12H15NO3. The van der Waals surface area contributed by atoms with Gasteiger partial charge in [0.2, 0.25) is 0 Å². The summed E-state index contributed by atoms with van der Waals surface area (Å²) in [4.78, 5) is 27.3. The lowest BCUT2D eigenvalue weighted by atomic mass is 10.0. The summed E-state index contributed by atoms with van der Waals surface area (Å²) in [7, 11) is 0. The van der Waals surface area contributed by atoms with Gasteiger partial charge in [-0.2, -0.15) is 0 Å². The molecule has 1 heterocycles. The first-order valence-corrected chi connectivity index (χ1v) is 5.24. The van der Waals surface area contributed by atoms with E-state index in [0.717, 1.165) is 0 Å². The predicted molar refractivity (Wildman–Crippen MR) is 59.4 cm³/mol. The minimum atomic E-state index is -0.500. The smallest absolute Gasteiger partial charge is 0.340 e. The Bertz CT molecular complexity index is 399. The second-order valence-corrected chi connectivity index (χ2v) is 3.64. The first-order valence-electron chi connectivity index (χ1n) is 5.24. The first kappa shape index (κ1) is 12.4. The predicted octanol–water partition coefficient (Wildman–Crippen LogP) is 2.10. The molecule has 0 amide bonds. The van der Waals surface area contributed by atoms with Crippen LogP contribution in [0.25, 0.3) is 0 Å². The third-order valence-corrected chi connectivity index (χ3v) is 2.06. The normalized spacial score (nSPS) is 10.2. The zero-order valence-electron chi connectivity index (χ0n) is 9.69. The van der Waals surface area contributed by atoms with Gasteiger partial charge in [-0.25, -0.2) is 4.79 Å². The van der Waals surface area contributed by atoms with Crippen LogP contribution in [-0.2, 0) is 4.74 Å². The maximum Gasteiger partial charge on any atom is 0.340 e. The molecule has 0 spiro atoms. The molecule has 86 valence electrons. The fourth-order valence-corrected chi connectivity index (χ4v) is 1.25. The molecule has 0 saturated carbocycles. The summed E-state index contributed by atoms with van der Waals surface area (Å²) in [6, 6.07) is 3.17. The molecule has 0 bridgehead atoms. The van der Waals surface area contributed by atoms with Crippen molar-refractivity contribution in [1.29, 1.82) is 0 Å². The second-order valence-electron chi connectivity index (χ2n) is 3.64. The molecule has 1 aromatic rings. The second kappa shape index (κ2) is 5.39. The van der Waals surface area contributed by atoms with E-state index in [9.17, 15) is 9.59 Å². The van der Waals surface area contributed by atoms with Crippen LogP contribution < -0.4 is 0 Å². The van der Waals surface area contributed by atoms with Gasteiger partial charge in [0, 0.05) is 12.1 Å². The largest absolute Gasteiger partial charge is 0.462 e. The topological polar surface area (TPSA) is 56.3 Å². The van der Waals surface area contributed by atoms with E-state index in [4.69, 9.17) is 4.74 Å². The summed E-state index contributed by atoms with van der Waals surface area (Å²) in [5, 5.41) is 0. The van der Waals surface area contributed by atoms with Gasteiger partial charge in [-0.3, -0.25) is 9.78 Å². The van der Waals surface area contributed by atoms with E-state index in [0.29, 0.717) is 0 Å². The SMILES string of the molecule is CCOC(=O)c1cccnc1C(=O)C(C)C. The molecular weight excluding hydrogens is 206 g/mol. The monoisotopic (exact) mass is 221 g/mol. The molecule has 0 aliphatic carbocycles. The van der Waals surface area contributed by atoms with Crippen LogP contribution in [0.15, 0.2) is 18.3 Å². The third-order valence-electron chi connectivity index (χ3n) is 2.06. The molecule has 1 rings (SSSR count). The number of esters is 1. The average molecular weight is 221 g/mol. The molecule has 1 aromatic heterocycles. The molecule has 0 N–H and O–H groups in total. The van der Waals surface area contributed by atoms with Crippen molar-refractivity contribution >= 4 is 11.8 Å². The number of carbonyl (C=O) groups is 2. The maximum absolute atomic E-state index is 11.8.